The van der Waals surface area contributed by atoms with E-state index in [1.807, 2.05) is 30.3 Å². The summed E-state index contributed by atoms with van der Waals surface area (Å²) in [5, 5.41) is 4.42. The summed E-state index contributed by atoms with van der Waals surface area (Å²) < 4.78 is 12.4. The van der Waals surface area contributed by atoms with Crippen LogP contribution in [0.5, 0.6) is 0 Å². The van der Waals surface area contributed by atoms with Gasteiger partial charge in [-0.05, 0) is 41.5 Å². The smallest absolute Gasteiger partial charge is 0.419 e. The lowest BCUT2D eigenvalue weighted by atomic mass is 10.2. The Hall–Kier alpha value is -2.90. The highest BCUT2D eigenvalue weighted by Gasteiger charge is 2.31. The number of imide groups is 1. The van der Waals surface area contributed by atoms with Gasteiger partial charge in [0.15, 0.2) is 5.82 Å². The second-order valence-electron chi connectivity index (χ2n) is 8.70. The largest absolute Gasteiger partial charge is 0.443 e. The highest BCUT2D eigenvalue weighted by molar-refractivity contribution is 5.88. The third-order valence-corrected chi connectivity index (χ3v) is 3.67. The van der Waals surface area contributed by atoms with Crippen LogP contribution < -0.4 is 0 Å². The number of carbonyl (C=O) groups excluding carboxylic acids is 2. The minimum atomic E-state index is -0.753. The molecule has 0 radical (unpaired) electrons. The molecule has 1 heterocycles. The first kappa shape index (κ1) is 22.4. The molecule has 0 atom stereocenters. The van der Waals surface area contributed by atoms with Crippen LogP contribution in [0.3, 0.4) is 0 Å². The number of aromatic nitrogens is 3. The fourth-order valence-electron chi connectivity index (χ4n) is 2.45. The Morgan fingerprint density at radius 1 is 0.966 bits per heavy atom. The molecule has 2 aromatic rings. The number of benzene rings is 1. The van der Waals surface area contributed by atoms with Crippen LogP contribution in [-0.2, 0) is 22.9 Å². The second-order valence-corrected chi connectivity index (χ2v) is 8.70. The van der Waals surface area contributed by atoms with E-state index in [4.69, 9.17) is 9.47 Å². The maximum Gasteiger partial charge on any atom is 0.419 e. The maximum absolute atomic E-state index is 12.6. The van der Waals surface area contributed by atoms with E-state index in [2.05, 4.69) is 10.1 Å². The number of amides is 2. The summed E-state index contributed by atoms with van der Waals surface area (Å²) in [6, 6.07) is 9.60. The number of rotatable bonds is 4. The lowest BCUT2D eigenvalue weighted by Gasteiger charge is -2.28. The van der Waals surface area contributed by atoms with E-state index >= 15 is 0 Å². The van der Waals surface area contributed by atoms with Crippen molar-refractivity contribution in [2.24, 2.45) is 7.05 Å². The number of hydrogen-bond donors (Lipinski definition) is 0. The van der Waals surface area contributed by atoms with Crippen molar-refractivity contribution in [3.8, 4) is 11.4 Å². The van der Waals surface area contributed by atoms with Crippen LogP contribution in [0.25, 0.3) is 11.4 Å². The molecule has 0 N–H and O–H groups in total. The first-order chi connectivity index (χ1) is 13.4. The van der Waals surface area contributed by atoms with Gasteiger partial charge in [-0.25, -0.2) is 19.5 Å². The van der Waals surface area contributed by atoms with Crippen LogP contribution in [0.15, 0.2) is 30.3 Å². The minimum Gasteiger partial charge on any atom is -0.443 e. The van der Waals surface area contributed by atoms with Gasteiger partial charge < -0.3 is 9.47 Å². The van der Waals surface area contributed by atoms with Gasteiger partial charge in [-0.1, -0.05) is 30.3 Å². The van der Waals surface area contributed by atoms with Crippen molar-refractivity contribution in [3.63, 3.8) is 0 Å². The molecule has 0 spiro atoms. The number of aryl methyl sites for hydroxylation is 1. The van der Waals surface area contributed by atoms with Crippen molar-refractivity contribution in [2.75, 3.05) is 6.54 Å². The fraction of sp³-hybridized carbons (Fsp3) is 0.524. The Kier molecular flexibility index (Phi) is 6.66. The molecule has 0 unspecified atom stereocenters. The number of hydrogen-bond acceptors (Lipinski definition) is 6. The zero-order valence-electron chi connectivity index (χ0n) is 18.2. The molecule has 29 heavy (non-hydrogen) atoms. The first-order valence-electron chi connectivity index (χ1n) is 9.54. The van der Waals surface area contributed by atoms with Crippen molar-refractivity contribution < 1.29 is 19.1 Å². The standard InChI is InChI=1S/C21H30N4O4/c1-20(2,3)28-18(26)25(19(27)29-21(4,5)6)14-13-16-22-17(23-24(16)7)15-11-9-8-10-12-15/h8-12H,13-14H2,1-7H3. The van der Waals surface area contributed by atoms with E-state index < -0.39 is 23.4 Å². The highest BCUT2D eigenvalue weighted by atomic mass is 16.6. The Morgan fingerprint density at radius 2 is 1.48 bits per heavy atom. The van der Waals surface area contributed by atoms with Crippen molar-refractivity contribution >= 4 is 12.2 Å². The number of nitrogens with zero attached hydrogens (tertiary/aromatic N) is 4. The monoisotopic (exact) mass is 402 g/mol. The molecule has 2 rings (SSSR count). The van der Waals surface area contributed by atoms with E-state index in [0.29, 0.717) is 18.1 Å². The van der Waals surface area contributed by atoms with Crippen molar-refractivity contribution in [1.82, 2.24) is 19.7 Å². The summed E-state index contributed by atoms with van der Waals surface area (Å²) in [7, 11) is 1.78. The number of ether oxygens (including phenoxy) is 2. The molecule has 1 aromatic heterocycles. The molecule has 2 amide bonds. The van der Waals surface area contributed by atoms with Gasteiger partial charge in [-0.15, -0.1) is 0 Å². The van der Waals surface area contributed by atoms with Gasteiger partial charge >= 0.3 is 12.2 Å². The zero-order chi connectivity index (χ0) is 21.8. The van der Waals surface area contributed by atoms with Crippen molar-refractivity contribution in [3.05, 3.63) is 36.2 Å². The Balaban J connectivity index is 2.18. The lowest BCUT2D eigenvalue weighted by Crippen LogP contribution is -2.44. The normalized spacial score (nSPS) is 11.8. The maximum atomic E-state index is 12.6. The average molecular weight is 402 g/mol. The van der Waals surface area contributed by atoms with E-state index in [9.17, 15) is 9.59 Å². The topological polar surface area (TPSA) is 86.5 Å². The van der Waals surface area contributed by atoms with E-state index in [-0.39, 0.29) is 6.54 Å². The van der Waals surface area contributed by atoms with Gasteiger partial charge in [0.25, 0.3) is 0 Å². The first-order valence-corrected chi connectivity index (χ1v) is 9.54. The van der Waals surface area contributed by atoms with Crippen LogP contribution in [-0.4, -0.2) is 49.6 Å². The third-order valence-electron chi connectivity index (χ3n) is 3.67. The zero-order valence-corrected chi connectivity index (χ0v) is 18.2. The second kappa shape index (κ2) is 8.63. The van der Waals surface area contributed by atoms with E-state index in [0.717, 1.165) is 10.5 Å². The molecule has 8 heteroatoms. The van der Waals surface area contributed by atoms with Gasteiger partial charge in [0, 0.05) is 25.6 Å². The quantitative estimate of drug-likeness (QED) is 0.762. The van der Waals surface area contributed by atoms with Crippen LogP contribution >= 0.6 is 0 Å². The molecule has 0 aliphatic heterocycles. The molecular formula is C21H30N4O4. The fourth-order valence-corrected chi connectivity index (χ4v) is 2.45. The van der Waals surface area contributed by atoms with Crippen LogP contribution in [0.1, 0.15) is 47.4 Å². The minimum absolute atomic E-state index is 0.0601. The molecule has 1 aromatic carbocycles. The summed E-state index contributed by atoms with van der Waals surface area (Å²) in [6.07, 6.45) is -1.19. The Labute approximate surface area is 171 Å². The predicted molar refractivity (Wildman–Crippen MR) is 109 cm³/mol. The predicted octanol–water partition coefficient (Wildman–Crippen LogP) is 4.20. The summed E-state index contributed by atoms with van der Waals surface area (Å²) in [5.41, 5.74) is -0.573. The lowest BCUT2D eigenvalue weighted by molar-refractivity contribution is 0.00160. The Bertz CT molecular complexity index is 820. The summed E-state index contributed by atoms with van der Waals surface area (Å²) in [4.78, 5) is 30.7. The molecule has 8 nitrogen and oxygen atoms in total. The summed E-state index contributed by atoms with van der Waals surface area (Å²) >= 11 is 0. The molecule has 0 saturated carbocycles. The Morgan fingerprint density at radius 3 is 1.97 bits per heavy atom. The van der Waals surface area contributed by atoms with Crippen LogP contribution in [0.4, 0.5) is 9.59 Å². The van der Waals surface area contributed by atoms with Crippen molar-refractivity contribution in [2.45, 2.75) is 59.2 Å². The average Bonchev–Trinajstić information content (AvgIpc) is 2.93. The van der Waals surface area contributed by atoms with E-state index in [1.54, 1.807) is 53.3 Å². The van der Waals surface area contributed by atoms with Gasteiger partial charge in [-0.3, -0.25) is 4.68 Å². The van der Waals surface area contributed by atoms with Crippen LogP contribution in [0, 0.1) is 0 Å². The molecule has 0 aliphatic carbocycles. The van der Waals surface area contributed by atoms with Gasteiger partial charge in [0.1, 0.15) is 17.0 Å². The highest BCUT2D eigenvalue weighted by Crippen LogP contribution is 2.17. The van der Waals surface area contributed by atoms with E-state index in [1.165, 1.54) is 0 Å². The molecule has 0 aliphatic rings. The van der Waals surface area contributed by atoms with Gasteiger partial charge in [-0.2, -0.15) is 5.10 Å². The van der Waals surface area contributed by atoms with Gasteiger partial charge in [0.2, 0.25) is 0 Å². The van der Waals surface area contributed by atoms with Crippen molar-refractivity contribution in [1.29, 1.82) is 0 Å². The SMILES string of the molecule is Cn1nc(-c2ccccc2)nc1CCN(C(=O)OC(C)(C)C)C(=O)OC(C)(C)C. The summed E-state index contributed by atoms with van der Waals surface area (Å²) in [6.45, 7) is 10.5. The van der Waals surface area contributed by atoms with Crippen LogP contribution in [0.2, 0.25) is 0 Å². The molecule has 0 bridgehead atoms. The van der Waals surface area contributed by atoms with Gasteiger partial charge in [0.05, 0.1) is 0 Å². The molecular weight excluding hydrogens is 372 g/mol. The molecule has 158 valence electrons. The summed E-state index contributed by atoms with van der Waals surface area (Å²) in [5.74, 6) is 1.23. The molecule has 0 fully saturated rings. The third kappa shape index (κ3) is 6.89. The molecule has 0 saturated heterocycles. The number of carbonyl (C=O) groups is 2.